The van der Waals surface area contributed by atoms with E-state index in [-0.39, 0.29) is 43.7 Å². The van der Waals surface area contributed by atoms with Crippen LogP contribution in [0.5, 0.6) is 0 Å². The van der Waals surface area contributed by atoms with E-state index in [1.807, 2.05) is 31.2 Å². The van der Waals surface area contributed by atoms with Crippen molar-refractivity contribution in [1.29, 1.82) is 0 Å². The highest BCUT2D eigenvalue weighted by Crippen LogP contribution is 2.31. The molecule has 0 atom stereocenters. The van der Waals surface area contributed by atoms with Crippen LogP contribution in [0.25, 0.3) is 10.2 Å². The summed E-state index contributed by atoms with van der Waals surface area (Å²) < 4.78 is 0.979. The fraction of sp³-hybridized carbons (Fsp3) is 0.250. The zero-order chi connectivity index (χ0) is 19.7. The Morgan fingerprint density at radius 2 is 1.96 bits per heavy atom. The van der Waals surface area contributed by atoms with E-state index in [2.05, 4.69) is 9.97 Å². The Balaban J connectivity index is 1.68. The maximum Gasteiger partial charge on any atom is 0.249 e. The van der Waals surface area contributed by atoms with Crippen molar-refractivity contribution in [2.45, 2.75) is 26.3 Å². The van der Waals surface area contributed by atoms with Gasteiger partial charge < -0.3 is 0 Å². The number of likely N-dealkylation sites (tertiary alicyclic amines) is 1. The molecule has 7 nitrogen and oxygen atoms in total. The standard InChI is InChI=1S/C20H18N4O3S/c1-13-4-2-6-15-19(13)22-20(28-15)24(11-14-5-3-9-21-10-14)18(27)12-23-16(25)7-8-17(23)26/h2-6,9-10H,7-8,11-12H2,1H3. The van der Waals surface area contributed by atoms with Crippen molar-refractivity contribution < 1.29 is 14.4 Å². The van der Waals surface area contributed by atoms with Gasteiger partial charge in [0.15, 0.2) is 5.13 Å². The predicted octanol–water partition coefficient (Wildman–Crippen LogP) is 2.68. The molecule has 142 valence electrons. The molecular weight excluding hydrogens is 376 g/mol. The number of fused-ring (bicyclic) bond motifs is 1. The highest BCUT2D eigenvalue weighted by atomic mass is 32.1. The number of nitrogens with zero attached hydrogens (tertiary/aromatic N) is 4. The van der Waals surface area contributed by atoms with Gasteiger partial charge in [-0.1, -0.05) is 29.5 Å². The average molecular weight is 394 g/mol. The average Bonchev–Trinajstić information content (AvgIpc) is 3.26. The first-order valence-corrected chi connectivity index (χ1v) is 9.73. The molecule has 0 aliphatic carbocycles. The van der Waals surface area contributed by atoms with Gasteiger partial charge in [0.2, 0.25) is 17.7 Å². The number of aryl methyl sites for hydroxylation is 1. The molecule has 1 fully saturated rings. The molecule has 0 unspecified atom stereocenters. The quantitative estimate of drug-likeness (QED) is 0.621. The molecule has 28 heavy (non-hydrogen) atoms. The lowest BCUT2D eigenvalue weighted by atomic mass is 10.2. The third kappa shape index (κ3) is 3.50. The van der Waals surface area contributed by atoms with Gasteiger partial charge in [0.1, 0.15) is 6.54 Å². The molecule has 1 saturated heterocycles. The molecule has 1 aliphatic rings. The predicted molar refractivity (Wildman–Crippen MR) is 106 cm³/mol. The zero-order valence-electron chi connectivity index (χ0n) is 15.3. The van der Waals surface area contributed by atoms with E-state index in [1.165, 1.54) is 16.2 Å². The number of rotatable bonds is 5. The molecule has 0 radical (unpaired) electrons. The van der Waals surface area contributed by atoms with Crippen LogP contribution in [-0.4, -0.2) is 39.1 Å². The maximum atomic E-state index is 13.1. The number of carbonyl (C=O) groups is 3. The number of benzene rings is 1. The van der Waals surface area contributed by atoms with Gasteiger partial charge in [-0.25, -0.2) is 4.98 Å². The van der Waals surface area contributed by atoms with E-state index in [0.29, 0.717) is 5.13 Å². The highest BCUT2D eigenvalue weighted by molar-refractivity contribution is 7.22. The fourth-order valence-corrected chi connectivity index (χ4v) is 4.21. The summed E-state index contributed by atoms with van der Waals surface area (Å²) in [6.45, 7) is 1.97. The Morgan fingerprint density at radius 1 is 1.18 bits per heavy atom. The first kappa shape index (κ1) is 18.2. The van der Waals surface area contributed by atoms with Crippen molar-refractivity contribution in [3.05, 3.63) is 53.9 Å². The largest absolute Gasteiger partial charge is 0.282 e. The summed E-state index contributed by atoms with van der Waals surface area (Å²) in [6.07, 6.45) is 3.67. The van der Waals surface area contributed by atoms with E-state index < -0.39 is 0 Å². The number of hydrogen-bond donors (Lipinski definition) is 0. The monoisotopic (exact) mass is 394 g/mol. The minimum Gasteiger partial charge on any atom is -0.282 e. The molecule has 0 bridgehead atoms. The summed E-state index contributed by atoms with van der Waals surface area (Å²) in [4.78, 5) is 48.3. The van der Waals surface area contributed by atoms with Crippen molar-refractivity contribution in [2.75, 3.05) is 11.4 Å². The second-order valence-electron chi connectivity index (χ2n) is 6.63. The summed E-state index contributed by atoms with van der Waals surface area (Å²) in [6, 6.07) is 9.56. The summed E-state index contributed by atoms with van der Waals surface area (Å²) in [7, 11) is 0. The first-order chi connectivity index (χ1) is 13.5. The Hall–Kier alpha value is -3.13. The molecule has 1 aromatic carbocycles. The van der Waals surface area contributed by atoms with Crippen molar-refractivity contribution in [1.82, 2.24) is 14.9 Å². The minimum atomic E-state index is -0.343. The third-order valence-corrected chi connectivity index (χ3v) is 5.70. The maximum absolute atomic E-state index is 13.1. The van der Waals surface area contributed by atoms with E-state index in [1.54, 1.807) is 18.5 Å². The summed E-state index contributed by atoms with van der Waals surface area (Å²) in [5.74, 6) is -0.955. The van der Waals surface area contributed by atoms with Crippen LogP contribution in [0.4, 0.5) is 5.13 Å². The lowest BCUT2D eigenvalue weighted by Gasteiger charge is -2.22. The number of carbonyl (C=O) groups excluding carboxylic acids is 3. The number of thiazole rings is 1. The molecule has 0 spiro atoms. The van der Waals surface area contributed by atoms with Gasteiger partial charge in [-0.3, -0.25) is 29.2 Å². The van der Waals surface area contributed by atoms with E-state index in [4.69, 9.17) is 0 Å². The van der Waals surface area contributed by atoms with Crippen LogP contribution >= 0.6 is 11.3 Å². The van der Waals surface area contributed by atoms with Crippen LogP contribution in [0, 0.1) is 6.92 Å². The van der Waals surface area contributed by atoms with Crippen LogP contribution < -0.4 is 4.90 Å². The number of aromatic nitrogens is 2. The number of anilines is 1. The topological polar surface area (TPSA) is 83.5 Å². The Labute approximate surface area is 165 Å². The fourth-order valence-electron chi connectivity index (χ4n) is 3.15. The van der Waals surface area contributed by atoms with Crippen molar-refractivity contribution in [3.63, 3.8) is 0 Å². The van der Waals surface area contributed by atoms with Gasteiger partial charge in [0.25, 0.3) is 0 Å². The Kier molecular flexibility index (Phi) is 4.87. The molecule has 1 aliphatic heterocycles. The van der Waals surface area contributed by atoms with E-state index >= 15 is 0 Å². The second kappa shape index (κ2) is 7.47. The van der Waals surface area contributed by atoms with Gasteiger partial charge in [-0.15, -0.1) is 0 Å². The lowest BCUT2D eigenvalue weighted by Crippen LogP contribution is -2.42. The molecule has 0 saturated carbocycles. The lowest BCUT2D eigenvalue weighted by molar-refractivity contribution is -0.141. The Morgan fingerprint density at radius 3 is 2.64 bits per heavy atom. The van der Waals surface area contributed by atoms with Gasteiger partial charge in [-0.05, 0) is 30.2 Å². The molecule has 4 rings (SSSR count). The molecule has 0 N–H and O–H groups in total. The molecule has 8 heteroatoms. The Bertz CT molecular complexity index is 1050. The number of amides is 3. The number of imide groups is 1. The van der Waals surface area contributed by atoms with Crippen molar-refractivity contribution in [3.8, 4) is 0 Å². The molecule has 2 aromatic heterocycles. The summed E-state index contributed by atoms with van der Waals surface area (Å²) in [5, 5.41) is 0.539. The first-order valence-electron chi connectivity index (χ1n) is 8.91. The zero-order valence-corrected chi connectivity index (χ0v) is 16.1. The normalized spacial score (nSPS) is 14.1. The molecule has 3 aromatic rings. The highest BCUT2D eigenvalue weighted by Gasteiger charge is 2.32. The summed E-state index contributed by atoms with van der Waals surface area (Å²) in [5.41, 5.74) is 2.71. The number of para-hydroxylation sites is 1. The van der Waals surface area contributed by atoms with Crippen LogP contribution in [0.15, 0.2) is 42.7 Å². The van der Waals surface area contributed by atoms with Crippen LogP contribution in [0.1, 0.15) is 24.0 Å². The number of hydrogen-bond acceptors (Lipinski definition) is 6. The van der Waals surface area contributed by atoms with Gasteiger partial charge >= 0.3 is 0 Å². The summed E-state index contributed by atoms with van der Waals surface area (Å²) >= 11 is 1.41. The molecule has 3 amide bonds. The number of pyridine rings is 1. The van der Waals surface area contributed by atoms with Crippen molar-refractivity contribution >= 4 is 44.4 Å². The van der Waals surface area contributed by atoms with Crippen molar-refractivity contribution in [2.24, 2.45) is 0 Å². The van der Waals surface area contributed by atoms with Crippen LogP contribution in [0.3, 0.4) is 0 Å². The van der Waals surface area contributed by atoms with Gasteiger partial charge in [-0.2, -0.15) is 0 Å². The van der Waals surface area contributed by atoms with Crippen LogP contribution in [0.2, 0.25) is 0 Å². The SMILES string of the molecule is Cc1cccc2sc(N(Cc3cccnc3)C(=O)CN3C(=O)CCC3=O)nc12. The van der Waals surface area contributed by atoms with Crippen LogP contribution in [-0.2, 0) is 20.9 Å². The smallest absolute Gasteiger partial charge is 0.249 e. The van der Waals surface area contributed by atoms with E-state index in [9.17, 15) is 14.4 Å². The second-order valence-corrected chi connectivity index (χ2v) is 7.64. The molecular formula is C20H18N4O3S. The minimum absolute atomic E-state index is 0.162. The van der Waals surface area contributed by atoms with E-state index in [0.717, 1.165) is 26.2 Å². The van der Waals surface area contributed by atoms with Gasteiger partial charge in [0, 0.05) is 25.2 Å². The molecule has 3 heterocycles. The third-order valence-electron chi connectivity index (χ3n) is 4.65. The van der Waals surface area contributed by atoms with Gasteiger partial charge in [0.05, 0.1) is 16.8 Å².